The van der Waals surface area contributed by atoms with E-state index in [2.05, 4.69) is 12.2 Å². The first-order chi connectivity index (χ1) is 19.0. The monoisotopic (exact) mass is 538 g/mol. The van der Waals surface area contributed by atoms with Gasteiger partial charge in [0.1, 0.15) is 11.5 Å². The van der Waals surface area contributed by atoms with E-state index in [-0.39, 0.29) is 29.4 Å². The van der Waals surface area contributed by atoms with Crippen LogP contribution in [0.4, 0.5) is 0 Å². The predicted molar refractivity (Wildman–Crippen MR) is 154 cm³/mol. The number of benzene rings is 2. The summed E-state index contributed by atoms with van der Waals surface area (Å²) in [5, 5.41) is 22.5. The van der Waals surface area contributed by atoms with E-state index in [0.717, 1.165) is 56.2 Å². The summed E-state index contributed by atoms with van der Waals surface area (Å²) in [6.07, 6.45) is 12.5. The van der Waals surface area contributed by atoms with Gasteiger partial charge in [-0.25, -0.2) is 0 Å². The van der Waals surface area contributed by atoms with Crippen LogP contribution < -0.4 is 5.32 Å². The highest BCUT2D eigenvalue weighted by Crippen LogP contribution is 2.28. The first kappa shape index (κ1) is 30.5. The number of phenols is 2. The van der Waals surface area contributed by atoms with E-state index < -0.39 is 0 Å². The van der Waals surface area contributed by atoms with Crippen molar-refractivity contribution in [2.75, 3.05) is 19.8 Å². The highest BCUT2D eigenvalue weighted by molar-refractivity contribution is 5.94. The molecule has 1 atom stereocenters. The Morgan fingerprint density at radius 2 is 1.54 bits per heavy atom. The van der Waals surface area contributed by atoms with Crippen LogP contribution in [0.3, 0.4) is 0 Å². The Morgan fingerprint density at radius 3 is 2.26 bits per heavy atom. The molecule has 0 aromatic heterocycles. The molecule has 7 nitrogen and oxygen atoms in total. The van der Waals surface area contributed by atoms with Crippen LogP contribution in [0, 0.1) is 0 Å². The maximum atomic E-state index is 13.3. The summed E-state index contributed by atoms with van der Waals surface area (Å²) in [7, 11) is 0. The molecule has 7 heteroatoms. The molecule has 2 aromatic carbocycles. The van der Waals surface area contributed by atoms with E-state index in [1.807, 2.05) is 11.0 Å². The summed E-state index contributed by atoms with van der Waals surface area (Å²) in [5.41, 5.74) is 2.61. The zero-order valence-electron chi connectivity index (χ0n) is 23.5. The minimum atomic E-state index is -0.102. The maximum Gasteiger partial charge on any atom is 0.254 e. The number of hydrogen-bond donors (Lipinski definition) is 3. The topological polar surface area (TPSA) is 99.1 Å². The summed E-state index contributed by atoms with van der Waals surface area (Å²) < 4.78 is 6.04. The summed E-state index contributed by atoms with van der Waals surface area (Å²) >= 11 is 0. The van der Waals surface area contributed by atoms with Gasteiger partial charge in [0.15, 0.2) is 0 Å². The predicted octanol–water partition coefficient (Wildman–Crippen LogP) is 6.11. The van der Waals surface area contributed by atoms with Crippen LogP contribution in [0.25, 0.3) is 0 Å². The van der Waals surface area contributed by atoms with Crippen LogP contribution in [0.15, 0.2) is 42.5 Å². The van der Waals surface area contributed by atoms with Crippen molar-refractivity contribution in [2.24, 2.45) is 0 Å². The van der Waals surface area contributed by atoms with Crippen LogP contribution in [0.2, 0.25) is 0 Å². The highest BCUT2D eigenvalue weighted by Gasteiger charge is 2.30. The van der Waals surface area contributed by atoms with Crippen molar-refractivity contribution < 1.29 is 24.5 Å². The number of amides is 2. The molecule has 39 heavy (non-hydrogen) atoms. The van der Waals surface area contributed by atoms with E-state index in [1.165, 1.54) is 37.8 Å². The number of fused-ring (bicyclic) bond motifs is 1. The second-order valence-corrected chi connectivity index (χ2v) is 10.6. The molecule has 0 spiro atoms. The summed E-state index contributed by atoms with van der Waals surface area (Å²) in [6, 6.07) is 11.6. The van der Waals surface area contributed by atoms with E-state index in [0.29, 0.717) is 38.2 Å². The molecule has 1 unspecified atom stereocenters. The lowest BCUT2D eigenvalue weighted by Gasteiger charge is -2.37. The zero-order valence-corrected chi connectivity index (χ0v) is 23.5. The molecule has 3 N–H and O–H groups in total. The molecule has 0 fully saturated rings. The quantitative estimate of drug-likeness (QED) is 0.211. The fourth-order valence-corrected chi connectivity index (χ4v) is 5.05. The van der Waals surface area contributed by atoms with Crippen molar-refractivity contribution in [3.8, 4) is 11.5 Å². The Kier molecular flexibility index (Phi) is 13.1. The Hall–Kier alpha value is -3.06. The largest absolute Gasteiger partial charge is 0.508 e. The number of phenolic OH excluding ortho intramolecular Hbond substituents is 2. The van der Waals surface area contributed by atoms with Gasteiger partial charge in [0, 0.05) is 31.7 Å². The van der Waals surface area contributed by atoms with Crippen LogP contribution in [0.5, 0.6) is 11.5 Å². The molecular weight excluding hydrogens is 492 g/mol. The number of hydrogen-bond acceptors (Lipinski definition) is 5. The normalized spacial score (nSPS) is 14.7. The molecule has 0 radical (unpaired) electrons. The Labute approximate surface area is 233 Å². The second kappa shape index (κ2) is 16.8. The number of aromatic hydroxyl groups is 2. The average molecular weight is 539 g/mol. The van der Waals surface area contributed by atoms with Crippen molar-refractivity contribution in [1.82, 2.24) is 10.2 Å². The zero-order chi connectivity index (χ0) is 27.9. The van der Waals surface area contributed by atoms with Gasteiger partial charge in [-0.15, -0.1) is 0 Å². The van der Waals surface area contributed by atoms with E-state index in [9.17, 15) is 19.8 Å². The lowest BCUT2D eigenvalue weighted by Crippen LogP contribution is -2.46. The highest BCUT2D eigenvalue weighted by atomic mass is 16.5. The summed E-state index contributed by atoms with van der Waals surface area (Å²) in [6.45, 7) is 4.49. The van der Waals surface area contributed by atoms with Crippen molar-refractivity contribution in [1.29, 1.82) is 0 Å². The molecule has 3 rings (SSSR count). The van der Waals surface area contributed by atoms with Gasteiger partial charge in [0.05, 0.1) is 12.6 Å². The first-order valence-electron chi connectivity index (χ1n) is 14.7. The third-order valence-electron chi connectivity index (χ3n) is 7.41. The molecule has 1 aliphatic heterocycles. The Balaban J connectivity index is 1.32. The Bertz CT molecular complexity index is 1020. The lowest BCUT2D eigenvalue weighted by atomic mass is 9.93. The molecule has 0 saturated carbocycles. The van der Waals surface area contributed by atoms with Crippen molar-refractivity contribution in [3.05, 3.63) is 59.2 Å². The molecule has 0 aliphatic carbocycles. The average Bonchev–Trinajstić information content (AvgIpc) is 2.93. The molecule has 0 saturated heterocycles. The second-order valence-electron chi connectivity index (χ2n) is 10.6. The van der Waals surface area contributed by atoms with Gasteiger partial charge >= 0.3 is 0 Å². The van der Waals surface area contributed by atoms with Gasteiger partial charge in [0.25, 0.3) is 5.91 Å². The fraction of sp³-hybridized carbons (Fsp3) is 0.562. The number of unbranched alkanes of at least 4 members (excludes halogenated alkanes) is 8. The van der Waals surface area contributed by atoms with E-state index >= 15 is 0 Å². The summed E-state index contributed by atoms with van der Waals surface area (Å²) in [5.74, 6) is 0.413. The molecule has 214 valence electrons. The molecule has 2 aromatic rings. The molecule has 1 aliphatic rings. The lowest BCUT2D eigenvalue weighted by molar-refractivity contribution is -0.121. The van der Waals surface area contributed by atoms with Gasteiger partial charge in [-0.1, -0.05) is 57.9 Å². The van der Waals surface area contributed by atoms with Crippen molar-refractivity contribution in [3.63, 3.8) is 0 Å². The minimum Gasteiger partial charge on any atom is -0.508 e. The van der Waals surface area contributed by atoms with E-state index in [1.54, 1.807) is 24.3 Å². The number of nitrogens with one attached hydrogen (secondary N) is 1. The maximum absolute atomic E-state index is 13.3. The third kappa shape index (κ3) is 10.6. The minimum absolute atomic E-state index is 0.0860. The number of ether oxygens (including phenoxy) is 1. The number of rotatable bonds is 17. The van der Waals surface area contributed by atoms with Gasteiger partial charge in [-0.05, 0) is 73.2 Å². The number of carbonyl (C=O) groups is 2. The molecular formula is C32H46N2O5. The van der Waals surface area contributed by atoms with Crippen molar-refractivity contribution >= 4 is 11.8 Å². The van der Waals surface area contributed by atoms with Crippen LogP contribution in [-0.2, 0) is 22.5 Å². The van der Waals surface area contributed by atoms with Gasteiger partial charge in [0.2, 0.25) is 5.91 Å². The van der Waals surface area contributed by atoms with Crippen LogP contribution in [-0.4, -0.2) is 52.7 Å². The first-order valence-corrected chi connectivity index (χ1v) is 14.7. The van der Waals surface area contributed by atoms with Gasteiger partial charge < -0.3 is 25.2 Å². The van der Waals surface area contributed by atoms with Crippen LogP contribution >= 0.6 is 0 Å². The van der Waals surface area contributed by atoms with Gasteiger partial charge in [-0.2, -0.15) is 0 Å². The smallest absolute Gasteiger partial charge is 0.254 e. The van der Waals surface area contributed by atoms with Crippen molar-refractivity contribution in [2.45, 2.75) is 96.6 Å². The third-order valence-corrected chi connectivity index (χ3v) is 7.41. The summed E-state index contributed by atoms with van der Waals surface area (Å²) in [4.78, 5) is 26.8. The Morgan fingerprint density at radius 1 is 0.872 bits per heavy atom. The number of nitrogens with zero attached hydrogens (tertiary/aromatic N) is 1. The fourth-order valence-electron chi connectivity index (χ4n) is 5.05. The number of carbonyl (C=O) groups excluding carboxylic acids is 2. The van der Waals surface area contributed by atoms with E-state index in [4.69, 9.17) is 4.74 Å². The standard InChI is InChI=1S/C32H46N2O5/c1-2-3-19-33-31(37)12-10-8-6-4-5-7-9-11-20-39-24-28-21-26-15-18-30(36)22-27(26)23-34(28)32(38)25-13-16-29(35)17-14-25/h13-18,22,28,35-36H,2-12,19-21,23-24H2,1H3,(H,33,37). The van der Waals surface area contributed by atoms with Crippen LogP contribution in [0.1, 0.15) is 99.0 Å². The molecule has 1 heterocycles. The SMILES string of the molecule is CCCCNC(=O)CCCCCCCCCCOCC1Cc2ccc(O)cc2CN1C(=O)c1ccc(O)cc1. The molecule has 2 amide bonds. The molecule has 0 bridgehead atoms. The van der Waals surface area contributed by atoms with Gasteiger partial charge in [-0.3, -0.25) is 9.59 Å².